The van der Waals surface area contributed by atoms with Crippen LogP contribution in [0.5, 0.6) is 0 Å². The van der Waals surface area contributed by atoms with E-state index in [4.69, 9.17) is 10.5 Å². The number of nitrogens with zero attached hydrogens (tertiary/aromatic N) is 5. The summed E-state index contributed by atoms with van der Waals surface area (Å²) >= 11 is 0. The fraction of sp³-hybridized carbons (Fsp3) is 0.419. The van der Waals surface area contributed by atoms with E-state index < -0.39 is 70.8 Å². The Bertz CT molecular complexity index is 1660. The van der Waals surface area contributed by atoms with Crippen LogP contribution in [-0.4, -0.2) is 88.8 Å². The minimum Gasteiger partial charge on any atom is -0.372 e. The first-order chi connectivity index (χ1) is 22.4. The number of aromatic nitrogens is 2. The highest BCUT2D eigenvalue weighted by molar-refractivity contribution is 6.16. The predicted molar refractivity (Wildman–Crippen MR) is 157 cm³/mol. The van der Waals surface area contributed by atoms with Gasteiger partial charge in [0.2, 0.25) is 11.5 Å². The zero-order valence-electron chi connectivity index (χ0n) is 25.0. The van der Waals surface area contributed by atoms with Gasteiger partial charge in [-0.15, -0.1) is 0 Å². The molecule has 11 nitrogen and oxygen atoms in total. The van der Waals surface area contributed by atoms with Crippen molar-refractivity contribution < 1.29 is 41.4 Å². The zero-order chi connectivity index (χ0) is 33.5. The fourth-order valence-corrected chi connectivity index (χ4v) is 6.28. The van der Waals surface area contributed by atoms with Crippen LogP contribution in [0.4, 0.5) is 33.6 Å². The summed E-state index contributed by atoms with van der Waals surface area (Å²) in [4.78, 5) is 39.9. The number of aliphatic hydroxyl groups is 1. The molecule has 1 aromatic heterocycles. The summed E-state index contributed by atoms with van der Waals surface area (Å²) in [6.45, 7) is 2.07. The topological polar surface area (TPSA) is 137 Å². The third kappa shape index (κ3) is 6.50. The van der Waals surface area contributed by atoms with Gasteiger partial charge in [0.15, 0.2) is 11.6 Å². The number of halogens is 5. The molecule has 3 aliphatic rings. The molecule has 4 N–H and O–H groups in total. The highest BCUT2D eigenvalue weighted by atomic mass is 19.2. The van der Waals surface area contributed by atoms with Gasteiger partial charge >= 0.3 is 0 Å². The molecule has 3 fully saturated rings. The quantitative estimate of drug-likeness (QED) is 0.197. The van der Waals surface area contributed by atoms with E-state index in [1.165, 1.54) is 12.4 Å². The van der Waals surface area contributed by atoms with Gasteiger partial charge in [-0.3, -0.25) is 14.5 Å². The Morgan fingerprint density at radius 1 is 1.00 bits per heavy atom. The van der Waals surface area contributed by atoms with E-state index in [0.29, 0.717) is 57.3 Å². The summed E-state index contributed by atoms with van der Waals surface area (Å²) in [6, 6.07) is 3.78. The molecule has 3 aromatic rings. The number of piperazine rings is 1. The number of carbonyl (C=O) groups excluding carboxylic acids is 2. The van der Waals surface area contributed by atoms with E-state index in [9.17, 15) is 36.6 Å². The predicted octanol–water partition coefficient (Wildman–Crippen LogP) is 1.94. The van der Waals surface area contributed by atoms with Crippen molar-refractivity contribution in [3.05, 3.63) is 82.9 Å². The molecule has 0 spiro atoms. The first kappa shape index (κ1) is 32.7. The number of anilines is 2. The van der Waals surface area contributed by atoms with Crippen molar-refractivity contribution in [1.82, 2.24) is 20.2 Å². The van der Waals surface area contributed by atoms with E-state index >= 15 is 0 Å². The Hall–Kier alpha value is -4.25. The lowest BCUT2D eigenvalue weighted by Crippen LogP contribution is -2.55. The Morgan fingerprint density at radius 2 is 1.72 bits per heavy atom. The lowest BCUT2D eigenvalue weighted by atomic mass is 9.93. The van der Waals surface area contributed by atoms with Gasteiger partial charge in [0.25, 0.3) is 11.8 Å². The molecule has 47 heavy (non-hydrogen) atoms. The zero-order valence-corrected chi connectivity index (χ0v) is 25.0. The Labute approximate surface area is 266 Å². The molecule has 1 unspecified atom stereocenters. The molecule has 16 heteroatoms. The standard InChI is InChI=1S/C31H32F5N7O4/c32-18-1-2-23(34)22(10-18)27-25(37)12-20(16-47-27)41-5-7-42(8-6-41)30-39-14-21(15-40-30)43-4-3-31(46,29(43)45)28(44)38-13-17-9-19(33)11-24(35)26(17)36/h1-2,9-11,14-15,20,25,27,46H,3-8,12-13,16,37H2,(H,38,44)/t20-,25+,27-,31?/m1/s1. The van der Waals surface area contributed by atoms with Gasteiger partial charge in [-0.2, -0.15) is 0 Å². The van der Waals surface area contributed by atoms with Crippen LogP contribution >= 0.6 is 0 Å². The SMILES string of the molecule is N[C@H]1C[C@@H](N2CCN(c3ncc(N4CCC(O)(C(=O)NCc5cc(F)cc(F)c5F)C4=O)cn3)CC2)CO[C@@H]1c1cc(F)ccc1F. The molecule has 2 aromatic carbocycles. The van der Waals surface area contributed by atoms with Crippen molar-refractivity contribution in [1.29, 1.82) is 0 Å². The molecular weight excluding hydrogens is 629 g/mol. The lowest BCUT2D eigenvalue weighted by molar-refractivity contribution is -0.149. The second-order valence-corrected chi connectivity index (χ2v) is 11.8. The van der Waals surface area contributed by atoms with Crippen LogP contribution in [0, 0.1) is 29.1 Å². The van der Waals surface area contributed by atoms with Gasteiger partial charge in [-0.25, -0.2) is 31.9 Å². The van der Waals surface area contributed by atoms with Crippen LogP contribution in [0.3, 0.4) is 0 Å². The average molecular weight is 662 g/mol. The minimum atomic E-state index is -2.48. The van der Waals surface area contributed by atoms with Crippen molar-refractivity contribution in [3.8, 4) is 0 Å². The van der Waals surface area contributed by atoms with Crippen LogP contribution in [0.25, 0.3) is 0 Å². The summed E-state index contributed by atoms with van der Waals surface area (Å²) in [7, 11) is 0. The molecule has 6 rings (SSSR count). The average Bonchev–Trinajstić information content (AvgIpc) is 3.37. The van der Waals surface area contributed by atoms with Gasteiger partial charge in [0, 0.05) is 75.0 Å². The molecular formula is C31H32F5N7O4. The van der Waals surface area contributed by atoms with Crippen molar-refractivity contribution in [3.63, 3.8) is 0 Å². The summed E-state index contributed by atoms with van der Waals surface area (Å²) < 4.78 is 74.8. The molecule has 2 amide bonds. The van der Waals surface area contributed by atoms with Gasteiger partial charge in [-0.1, -0.05) is 0 Å². The van der Waals surface area contributed by atoms with E-state index in [1.807, 2.05) is 4.90 Å². The fourth-order valence-electron chi connectivity index (χ4n) is 6.28. The lowest BCUT2D eigenvalue weighted by Gasteiger charge is -2.43. The molecule has 250 valence electrons. The largest absolute Gasteiger partial charge is 0.372 e. The van der Waals surface area contributed by atoms with E-state index in [0.717, 1.165) is 23.1 Å². The maximum Gasteiger partial charge on any atom is 0.268 e. The van der Waals surface area contributed by atoms with Crippen LogP contribution in [0.2, 0.25) is 0 Å². The number of rotatable bonds is 7. The number of ether oxygens (including phenoxy) is 1. The molecule has 3 saturated heterocycles. The van der Waals surface area contributed by atoms with Gasteiger partial charge < -0.3 is 30.7 Å². The molecule has 3 aliphatic heterocycles. The van der Waals surface area contributed by atoms with E-state index in [-0.39, 0.29) is 30.3 Å². The number of hydrogen-bond donors (Lipinski definition) is 3. The summed E-state index contributed by atoms with van der Waals surface area (Å²) in [5, 5.41) is 13.1. The molecule has 0 radical (unpaired) electrons. The maximum atomic E-state index is 14.3. The van der Waals surface area contributed by atoms with Crippen LogP contribution in [-0.2, 0) is 20.9 Å². The number of nitrogens with one attached hydrogen (secondary N) is 1. The molecule has 0 bridgehead atoms. The van der Waals surface area contributed by atoms with Gasteiger partial charge in [0.05, 0.1) is 24.7 Å². The van der Waals surface area contributed by atoms with Crippen LogP contribution < -0.4 is 20.9 Å². The van der Waals surface area contributed by atoms with Crippen molar-refractivity contribution in [2.75, 3.05) is 49.1 Å². The highest BCUT2D eigenvalue weighted by Crippen LogP contribution is 2.32. The smallest absolute Gasteiger partial charge is 0.268 e. The summed E-state index contributed by atoms with van der Waals surface area (Å²) in [6.07, 6.45) is 2.33. The highest BCUT2D eigenvalue weighted by Gasteiger charge is 2.52. The molecule has 0 aliphatic carbocycles. The Balaban J connectivity index is 1.01. The van der Waals surface area contributed by atoms with Crippen LogP contribution in [0.15, 0.2) is 42.7 Å². The first-order valence-corrected chi connectivity index (χ1v) is 15.0. The Kier molecular flexibility index (Phi) is 9.11. The number of benzene rings is 2. The minimum absolute atomic E-state index is 0.00510. The van der Waals surface area contributed by atoms with Gasteiger partial charge in [0.1, 0.15) is 23.6 Å². The number of carbonyl (C=O) groups is 2. The van der Waals surface area contributed by atoms with Crippen molar-refractivity contribution >= 4 is 23.5 Å². The third-order valence-electron chi connectivity index (χ3n) is 8.90. The second-order valence-electron chi connectivity index (χ2n) is 11.8. The van der Waals surface area contributed by atoms with Crippen molar-refractivity contribution in [2.24, 2.45) is 5.73 Å². The molecule has 4 atom stereocenters. The summed E-state index contributed by atoms with van der Waals surface area (Å²) in [5.41, 5.74) is 3.74. The first-order valence-electron chi connectivity index (χ1n) is 15.0. The normalized spacial score (nSPS) is 25.3. The number of amides is 2. The number of hydrogen-bond acceptors (Lipinski definition) is 9. The Morgan fingerprint density at radius 3 is 2.43 bits per heavy atom. The maximum absolute atomic E-state index is 14.3. The van der Waals surface area contributed by atoms with Crippen LogP contribution in [0.1, 0.15) is 30.1 Å². The third-order valence-corrected chi connectivity index (χ3v) is 8.90. The monoisotopic (exact) mass is 661 g/mol. The summed E-state index contributed by atoms with van der Waals surface area (Å²) in [5.74, 6) is -6.60. The number of nitrogens with two attached hydrogens (primary N) is 1. The van der Waals surface area contributed by atoms with E-state index in [1.54, 1.807) is 0 Å². The van der Waals surface area contributed by atoms with Gasteiger partial charge in [-0.05, 0) is 30.7 Å². The van der Waals surface area contributed by atoms with E-state index in [2.05, 4.69) is 20.2 Å². The molecule has 4 heterocycles. The second kappa shape index (κ2) is 13.1. The molecule has 0 saturated carbocycles. The van der Waals surface area contributed by atoms with Crippen molar-refractivity contribution in [2.45, 2.75) is 43.2 Å².